The quantitative estimate of drug-likeness (QED) is 0.381. The van der Waals surface area contributed by atoms with Crippen molar-refractivity contribution in [3.63, 3.8) is 0 Å². The number of carbonyl (C=O) groups excluding carboxylic acids is 1. The molecule has 0 saturated carbocycles. The molecule has 8 heteroatoms. The van der Waals surface area contributed by atoms with E-state index >= 15 is 0 Å². The van der Waals surface area contributed by atoms with Crippen molar-refractivity contribution in [3.05, 3.63) is 108 Å². The van der Waals surface area contributed by atoms with Crippen molar-refractivity contribution in [3.8, 4) is 11.3 Å². The van der Waals surface area contributed by atoms with Crippen LogP contribution in [0.2, 0.25) is 0 Å². The van der Waals surface area contributed by atoms with Crippen LogP contribution in [-0.4, -0.2) is 27.4 Å². The fraction of sp³-hybridized carbons (Fsp3) is 0.115. The molecule has 2 N–H and O–H groups in total. The number of anilines is 1. The van der Waals surface area contributed by atoms with Gasteiger partial charge in [-0.05, 0) is 72.9 Å². The molecule has 0 radical (unpaired) electrons. The SMILES string of the molecule is O=C(CN1C(=S)NC(c2ccccn2)C1c1ccc(-c2ccc(F)cc2)o1)Nc1ccccc1. The monoisotopic (exact) mass is 472 g/mol. The Bertz CT molecular complexity index is 1300. The van der Waals surface area contributed by atoms with E-state index in [1.165, 1.54) is 12.1 Å². The zero-order valence-corrected chi connectivity index (χ0v) is 18.8. The Labute approximate surface area is 201 Å². The van der Waals surface area contributed by atoms with Gasteiger partial charge in [-0.2, -0.15) is 0 Å². The summed E-state index contributed by atoms with van der Waals surface area (Å²) in [7, 11) is 0. The van der Waals surface area contributed by atoms with Gasteiger partial charge in [-0.25, -0.2) is 4.39 Å². The Morgan fingerprint density at radius 1 is 1.03 bits per heavy atom. The van der Waals surface area contributed by atoms with E-state index in [1.807, 2.05) is 60.7 Å². The summed E-state index contributed by atoms with van der Waals surface area (Å²) in [5, 5.41) is 6.64. The minimum atomic E-state index is -0.405. The minimum absolute atomic E-state index is 0.0291. The Kier molecular flexibility index (Phi) is 6.05. The first-order valence-electron chi connectivity index (χ1n) is 10.8. The molecule has 2 aromatic carbocycles. The summed E-state index contributed by atoms with van der Waals surface area (Å²) in [5.41, 5.74) is 2.24. The molecule has 4 aromatic rings. The summed E-state index contributed by atoms with van der Waals surface area (Å²) in [5.74, 6) is 0.704. The number of carbonyl (C=O) groups is 1. The molecular formula is C26H21FN4O2S. The number of aromatic nitrogens is 1. The van der Waals surface area contributed by atoms with Crippen molar-refractivity contribution in [2.75, 3.05) is 11.9 Å². The lowest BCUT2D eigenvalue weighted by Crippen LogP contribution is -2.36. The van der Waals surface area contributed by atoms with Crippen LogP contribution in [0, 0.1) is 5.82 Å². The van der Waals surface area contributed by atoms with Crippen LogP contribution in [-0.2, 0) is 4.79 Å². The fourth-order valence-corrected chi connectivity index (χ4v) is 4.35. The third-order valence-corrected chi connectivity index (χ3v) is 5.97. The molecule has 3 heterocycles. The highest BCUT2D eigenvalue weighted by atomic mass is 32.1. The predicted octanol–water partition coefficient (Wildman–Crippen LogP) is 5.09. The predicted molar refractivity (Wildman–Crippen MR) is 131 cm³/mol. The molecule has 34 heavy (non-hydrogen) atoms. The lowest BCUT2D eigenvalue weighted by Gasteiger charge is -2.25. The van der Waals surface area contributed by atoms with Crippen LogP contribution in [0.25, 0.3) is 11.3 Å². The highest BCUT2D eigenvalue weighted by molar-refractivity contribution is 7.80. The number of halogens is 1. The third kappa shape index (κ3) is 4.53. The van der Waals surface area contributed by atoms with Gasteiger partial charge >= 0.3 is 0 Å². The van der Waals surface area contributed by atoms with Gasteiger partial charge in [0.05, 0.1) is 11.7 Å². The van der Waals surface area contributed by atoms with E-state index in [1.54, 1.807) is 23.2 Å². The van der Waals surface area contributed by atoms with Gasteiger partial charge in [0.25, 0.3) is 0 Å². The van der Waals surface area contributed by atoms with E-state index in [2.05, 4.69) is 15.6 Å². The normalized spacial score (nSPS) is 17.4. The van der Waals surface area contributed by atoms with E-state index in [9.17, 15) is 9.18 Å². The molecule has 2 aromatic heterocycles. The number of furan rings is 1. The second kappa shape index (κ2) is 9.44. The molecule has 1 saturated heterocycles. The highest BCUT2D eigenvalue weighted by Crippen LogP contribution is 2.40. The summed E-state index contributed by atoms with van der Waals surface area (Å²) in [6, 6.07) is 24.0. The van der Waals surface area contributed by atoms with Crippen molar-refractivity contribution in [2.45, 2.75) is 12.1 Å². The summed E-state index contributed by atoms with van der Waals surface area (Å²) >= 11 is 5.62. The van der Waals surface area contributed by atoms with Gasteiger partial charge in [0.1, 0.15) is 29.9 Å². The first kappa shape index (κ1) is 21.8. The summed E-state index contributed by atoms with van der Waals surface area (Å²) < 4.78 is 19.6. The van der Waals surface area contributed by atoms with Gasteiger partial charge in [-0.15, -0.1) is 0 Å². The molecule has 1 aliphatic heterocycles. The highest BCUT2D eigenvalue weighted by Gasteiger charge is 2.42. The Hall–Kier alpha value is -4.04. The summed E-state index contributed by atoms with van der Waals surface area (Å²) in [6.45, 7) is 0.0291. The topological polar surface area (TPSA) is 70.4 Å². The zero-order valence-electron chi connectivity index (χ0n) is 18.0. The van der Waals surface area contributed by atoms with Crippen molar-refractivity contribution >= 4 is 28.9 Å². The second-order valence-electron chi connectivity index (χ2n) is 7.88. The van der Waals surface area contributed by atoms with Crippen molar-refractivity contribution < 1.29 is 13.6 Å². The molecule has 6 nitrogen and oxygen atoms in total. The minimum Gasteiger partial charge on any atom is -0.459 e. The standard InChI is InChI=1S/C26H21FN4O2S/c27-18-11-9-17(10-12-18)21-13-14-22(33-21)25-24(20-8-4-5-15-28-20)30-26(34)31(25)16-23(32)29-19-6-2-1-3-7-19/h1-15,24-25H,16H2,(H,29,32)(H,30,34). The first-order chi connectivity index (χ1) is 16.6. The Balaban J connectivity index is 1.46. The van der Waals surface area contributed by atoms with E-state index in [0.29, 0.717) is 22.3 Å². The summed E-state index contributed by atoms with van der Waals surface area (Å²) in [4.78, 5) is 19.2. The number of nitrogens with one attached hydrogen (secondary N) is 2. The number of benzene rings is 2. The lowest BCUT2D eigenvalue weighted by molar-refractivity contribution is -0.116. The Morgan fingerprint density at radius 2 is 1.79 bits per heavy atom. The molecule has 170 valence electrons. The molecule has 0 bridgehead atoms. The molecule has 1 aliphatic rings. The Morgan fingerprint density at radius 3 is 2.53 bits per heavy atom. The molecule has 2 atom stereocenters. The molecule has 5 rings (SSSR count). The third-order valence-electron chi connectivity index (χ3n) is 5.62. The number of amides is 1. The van der Waals surface area contributed by atoms with Crippen molar-refractivity contribution in [2.24, 2.45) is 0 Å². The van der Waals surface area contributed by atoms with Gasteiger partial charge in [-0.3, -0.25) is 9.78 Å². The number of nitrogens with zero attached hydrogens (tertiary/aromatic N) is 2. The summed E-state index contributed by atoms with van der Waals surface area (Å²) in [6.07, 6.45) is 1.72. The van der Waals surface area contributed by atoms with Gasteiger partial charge in [0.15, 0.2) is 5.11 Å². The van der Waals surface area contributed by atoms with Gasteiger partial charge < -0.3 is 20.0 Å². The van der Waals surface area contributed by atoms with Gasteiger partial charge in [-0.1, -0.05) is 24.3 Å². The molecule has 0 aliphatic carbocycles. The van der Waals surface area contributed by atoms with E-state index in [-0.39, 0.29) is 24.3 Å². The fourth-order valence-electron chi connectivity index (χ4n) is 4.04. The molecule has 2 unspecified atom stereocenters. The number of pyridine rings is 1. The zero-order chi connectivity index (χ0) is 23.5. The van der Waals surface area contributed by atoms with E-state index < -0.39 is 6.04 Å². The number of rotatable bonds is 6. The van der Waals surface area contributed by atoms with Crippen molar-refractivity contribution in [1.29, 1.82) is 0 Å². The largest absolute Gasteiger partial charge is 0.459 e. The maximum atomic E-state index is 13.4. The molecule has 1 fully saturated rings. The van der Waals surface area contributed by atoms with Crippen LogP contribution >= 0.6 is 12.2 Å². The lowest BCUT2D eigenvalue weighted by atomic mass is 10.0. The van der Waals surface area contributed by atoms with Crippen molar-refractivity contribution in [1.82, 2.24) is 15.2 Å². The number of hydrogen-bond acceptors (Lipinski definition) is 4. The van der Waals surface area contributed by atoms with Crippen LogP contribution in [0.3, 0.4) is 0 Å². The van der Waals surface area contributed by atoms with Crippen LogP contribution in [0.15, 0.2) is 95.5 Å². The van der Waals surface area contributed by atoms with Crippen LogP contribution in [0.1, 0.15) is 23.5 Å². The van der Waals surface area contributed by atoms with E-state index in [4.69, 9.17) is 16.6 Å². The van der Waals surface area contributed by atoms with Crippen LogP contribution < -0.4 is 10.6 Å². The first-order valence-corrected chi connectivity index (χ1v) is 11.2. The van der Waals surface area contributed by atoms with Crippen LogP contribution in [0.5, 0.6) is 0 Å². The van der Waals surface area contributed by atoms with Crippen LogP contribution in [0.4, 0.5) is 10.1 Å². The number of hydrogen-bond donors (Lipinski definition) is 2. The maximum absolute atomic E-state index is 13.4. The van der Waals surface area contributed by atoms with Gasteiger partial charge in [0.2, 0.25) is 5.91 Å². The second-order valence-corrected chi connectivity index (χ2v) is 8.26. The number of para-hydroxylation sites is 1. The molecule has 0 spiro atoms. The number of thiocarbonyl (C=S) groups is 1. The average molecular weight is 473 g/mol. The smallest absolute Gasteiger partial charge is 0.244 e. The molecular weight excluding hydrogens is 451 g/mol. The molecule has 1 amide bonds. The van der Waals surface area contributed by atoms with E-state index in [0.717, 1.165) is 11.3 Å². The average Bonchev–Trinajstić information content (AvgIpc) is 3.46. The maximum Gasteiger partial charge on any atom is 0.244 e. The van der Waals surface area contributed by atoms with Gasteiger partial charge in [0, 0.05) is 17.4 Å².